The van der Waals surface area contributed by atoms with Crippen LogP contribution in [-0.4, -0.2) is 5.75 Å². The maximum atomic E-state index is 4.33. The molecule has 0 aromatic carbocycles. The molecule has 1 saturated carbocycles. The lowest BCUT2D eigenvalue weighted by molar-refractivity contribution is 0.146. The quantitative estimate of drug-likeness (QED) is 0.566. The third-order valence-electron chi connectivity index (χ3n) is 2.62. The Morgan fingerprint density at radius 3 is 2.11 bits per heavy atom. The summed E-state index contributed by atoms with van der Waals surface area (Å²) in [4.78, 5) is 0. The molecular formula is C8H16S. The van der Waals surface area contributed by atoms with Crippen molar-refractivity contribution in [1.29, 1.82) is 0 Å². The topological polar surface area (TPSA) is 0 Å². The van der Waals surface area contributed by atoms with E-state index in [0.717, 1.165) is 11.7 Å². The van der Waals surface area contributed by atoms with Gasteiger partial charge in [0.05, 0.1) is 0 Å². The van der Waals surface area contributed by atoms with Gasteiger partial charge < -0.3 is 0 Å². The van der Waals surface area contributed by atoms with Crippen LogP contribution in [0.25, 0.3) is 0 Å². The molecule has 0 aromatic rings. The molecule has 1 aliphatic rings. The Labute approximate surface area is 63.4 Å². The minimum Gasteiger partial charge on any atom is -0.179 e. The number of hydrogen-bond acceptors (Lipinski definition) is 1. The van der Waals surface area contributed by atoms with Crippen molar-refractivity contribution in [3.05, 3.63) is 0 Å². The average Bonchev–Trinajstić information content (AvgIpc) is 1.60. The normalized spacial score (nSPS) is 21.7. The molecule has 0 saturated heterocycles. The van der Waals surface area contributed by atoms with Crippen molar-refractivity contribution in [3.8, 4) is 0 Å². The molecule has 0 N–H and O–H groups in total. The zero-order chi connectivity index (χ0) is 6.91. The highest BCUT2D eigenvalue weighted by atomic mass is 32.1. The number of hydrogen-bond donors (Lipinski definition) is 1. The first-order valence-electron chi connectivity index (χ1n) is 3.77. The van der Waals surface area contributed by atoms with Gasteiger partial charge in [0.1, 0.15) is 0 Å². The summed E-state index contributed by atoms with van der Waals surface area (Å²) in [5, 5.41) is 0. The zero-order valence-corrected chi connectivity index (χ0v) is 7.25. The monoisotopic (exact) mass is 144 g/mol. The Balaban J connectivity index is 2.37. The van der Waals surface area contributed by atoms with Crippen molar-refractivity contribution < 1.29 is 0 Å². The second-order valence-electron chi connectivity index (χ2n) is 3.77. The Kier molecular flexibility index (Phi) is 2.10. The van der Waals surface area contributed by atoms with E-state index in [1.807, 2.05) is 0 Å². The minimum atomic E-state index is 0.501. The van der Waals surface area contributed by atoms with Crippen LogP contribution in [0, 0.1) is 11.3 Å². The summed E-state index contributed by atoms with van der Waals surface area (Å²) < 4.78 is 0. The molecule has 0 spiro atoms. The molecule has 0 bridgehead atoms. The van der Waals surface area contributed by atoms with Gasteiger partial charge in [-0.05, 0) is 29.9 Å². The fourth-order valence-electron chi connectivity index (χ4n) is 1.32. The van der Waals surface area contributed by atoms with Crippen LogP contribution in [0.15, 0.2) is 0 Å². The Hall–Kier alpha value is 0.350. The smallest absolute Gasteiger partial charge is 0.00438 e. The summed E-state index contributed by atoms with van der Waals surface area (Å²) in [5.41, 5.74) is 0.501. The van der Waals surface area contributed by atoms with E-state index < -0.39 is 0 Å². The standard InChI is InChI=1S/C8H16S/c1-8(2,6-9)7-4-3-5-7/h7,9H,3-6H2,1-2H3. The number of rotatable bonds is 2. The van der Waals surface area contributed by atoms with Gasteiger partial charge in [-0.15, -0.1) is 0 Å². The molecule has 54 valence electrons. The van der Waals surface area contributed by atoms with Crippen molar-refractivity contribution in [2.24, 2.45) is 11.3 Å². The van der Waals surface area contributed by atoms with E-state index in [1.165, 1.54) is 19.3 Å². The molecule has 1 heteroatoms. The van der Waals surface area contributed by atoms with Gasteiger partial charge in [-0.2, -0.15) is 12.6 Å². The molecule has 1 aliphatic carbocycles. The van der Waals surface area contributed by atoms with Gasteiger partial charge in [-0.1, -0.05) is 20.3 Å². The van der Waals surface area contributed by atoms with Crippen LogP contribution in [-0.2, 0) is 0 Å². The third-order valence-corrected chi connectivity index (χ3v) is 3.43. The van der Waals surface area contributed by atoms with Crippen molar-refractivity contribution in [1.82, 2.24) is 0 Å². The Morgan fingerprint density at radius 2 is 2.00 bits per heavy atom. The van der Waals surface area contributed by atoms with Crippen LogP contribution < -0.4 is 0 Å². The molecule has 0 atom stereocenters. The van der Waals surface area contributed by atoms with Crippen molar-refractivity contribution in [3.63, 3.8) is 0 Å². The summed E-state index contributed by atoms with van der Waals surface area (Å²) in [6, 6.07) is 0. The molecule has 0 amide bonds. The first-order chi connectivity index (χ1) is 4.17. The van der Waals surface area contributed by atoms with E-state index >= 15 is 0 Å². The lowest BCUT2D eigenvalue weighted by atomic mass is 9.68. The maximum Gasteiger partial charge on any atom is -0.00438 e. The molecule has 1 fully saturated rings. The Morgan fingerprint density at radius 1 is 1.44 bits per heavy atom. The maximum absolute atomic E-state index is 4.33. The van der Waals surface area contributed by atoms with Gasteiger partial charge in [0.25, 0.3) is 0 Å². The first-order valence-corrected chi connectivity index (χ1v) is 4.41. The lowest BCUT2D eigenvalue weighted by Gasteiger charge is -2.39. The van der Waals surface area contributed by atoms with Crippen LogP contribution in [0.3, 0.4) is 0 Å². The molecule has 0 aliphatic heterocycles. The van der Waals surface area contributed by atoms with Gasteiger partial charge in [-0.3, -0.25) is 0 Å². The van der Waals surface area contributed by atoms with Gasteiger partial charge in [0.15, 0.2) is 0 Å². The zero-order valence-electron chi connectivity index (χ0n) is 6.35. The van der Waals surface area contributed by atoms with E-state index in [2.05, 4.69) is 26.5 Å². The highest BCUT2D eigenvalue weighted by Crippen LogP contribution is 2.41. The lowest BCUT2D eigenvalue weighted by Crippen LogP contribution is -2.31. The predicted octanol–water partition coefficient (Wildman–Crippen LogP) is 2.74. The largest absolute Gasteiger partial charge is 0.179 e. The summed E-state index contributed by atoms with van der Waals surface area (Å²) in [6.07, 6.45) is 4.32. The van der Waals surface area contributed by atoms with E-state index in [-0.39, 0.29) is 0 Å². The summed E-state index contributed by atoms with van der Waals surface area (Å²) >= 11 is 4.33. The van der Waals surface area contributed by atoms with Crippen LogP contribution in [0.1, 0.15) is 33.1 Å². The summed E-state index contributed by atoms with van der Waals surface area (Å²) in [7, 11) is 0. The molecular weight excluding hydrogens is 128 g/mol. The highest BCUT2D eigenvalue weighted by molar-refractivity contribution is 7.80. The summed E-state index contributed by atoms with van der Waals surface area (Å²) in [5.74, 6) is 2.01. The van der Waals surface area contributed by atoms with Crippen LogP contribution in [0.2, 0.25) is 0 Å². The van der Waals surface area contributed by atoms with Crippen LogP contribution in [0.5, 0.6) is 0 Å². The van der Waals surface area contributed by atoms with Crippen molar-refractivity contribution in [2.75, 3.05) is 5.75 Å². The van der Waals surface area contributed by atoms with E-state index in [0.29, 0.717) is 5.41 Å². The molecule has 0 radical (unpaired) electrons. The fraction of sp³-hybridized carbons (Fsp3) is 1.00. The van der Waals surface area contributed by atoms with Crippen molar-refractivity contribution >= 4 is 12.6 Å². The van der Waals surface area contributed by atoms with E-state index in [4.69, 9.17) is 0 Å². The molecule has 0 aromatic heterocycles. The van der Waals surface area contributed by atoms with Gasteiger partial charge in [0.2, 0.25) is 0 Å². The van der Waals surface area contributed by atoms with Gasteiger partial charge in [0, 0.05) is 0 Å². The highest BCUT2D eigenvalue weighted by Gasteiger charge is 2.32. The fourth-order valence-corrected chi connectivity index (χ4v) is 1.58. The van der Waals surface area contributed by atoms with Gasteiger partial charge in [-0.25, -0.2) is 0 Å². The molecule has 1 rings (SSSR count). The minimum absolute atomic E-state index is 0.501. The predicted molar refractivity (Wildman–Crippen MR) is 45.0 cm³/mol. The average molecular weight is 144 g/mol. The third kappa shape index (κ3) is 1.43. The van der Waals surface area contributed by atoms with Gasteiger partial charge >= 0.3 is 0 Å². The first kappa shape index (κ1) is 7.46. The summed E-state index contributed by atoms with van der Waals surface area (Å²) in [6.45, 7) is 4.65. The van der Waals surface area contributed by atoms with E-state index in [1.54, 1.807) is 0 Å². The Bertz CT molecular complexity index is 92.7. The molecule has 9 heavy (non-hydrogen) atoms. The molecule has 0 nitrogen and oxygen atoms in total. The molecule has 0 unspecified atom stereocenters. The second-order valence-corrected chi connectivity index (χ2v) is 4.09. The second kappa shape index (κ2) is 2.53. The van der Waals surface area contributed by atoms with Crippen LogP contribution in [0.4, 0.5) is 0 Å². The van der Waals surface area contributed by atoms with Crippen molar-refractivity contribution in [2.45, 2.75) is 33.1 Å². The van der Waals surface area contributed by atoms with Crippen LogP contribution >= 0.6 is 12.6 Å². The van der Waals surface area contributed by atoms with E-state index in [9.17, 15) is 0 Å². The molecule has 0 heterocycles. The number of thiol groups is 1. The SMILES string of the molecule is CC(C)(CS)C1CCC1.